The Morgan fingerprint density at radius 3 is 2.38 bits per heavy atom. The quantitative estimate of drug-likeness (QED) is 0.836. The lowest BCUT2D eigenvalue weighted by atomic mass is 10.0. The van der Waals surface area contributed by atoms with Crippen molar-refractivity contribution in [3.63, 3.8) is 0 Å². The molecule has 0 unspecified atom stereocenters. The Bertz CT molecular complexity index is 444. The molecule has 5 heteroatoms. The number of methoxy groups -OCH3 is 3. The Balaban J connectivity index is 1.98. The van der Waals surface area contributed by atoms with E-state index in [0.717, 1.165) is 50.5 Å². The molecule has 1 heterocycles. The molecule has 1 saturated heterocycles. The molecular formula is C16H25NO4. The Morgan fingerprint density at radius 2 is 1.76 bits per heavy atom. The molecule has 1 aromatic rings. The molecule has 118 valence electrons. The maximum atomic E-state index is 5.49. The molecule has 0 aromatic heterocycles. The summed E-state index contributed by atoms with van der Waals surface area (Å²) >= 11 is 0. The zero-order valence-electron chi connectivity index (χ0n) is 13.1. The van der Waals surface area contributed by atoms with Crippen molar-refractivity contribution >= 4 is 0 Å². The molecule has 0 amide bonds. The van der Waals surface area contributed by atoms with Gasteiger partial charge in [-0.15, -0.1) is 0 Å². The van der Waals surface area contributed by atoms with Crippen LogP contribution in [-0.4, -0.2) is 41.1 Å². The van der Waals surface area contributed by atoms with Gasteiger partial charge in [0.1, 0.15) is 0 Å². The van der Waals surface area contributed by atoms with Gasteiger partial charge < -0.3 is 24.3 Å². The number of hydrogen-bond donors (Lipinski definition) is 1. The third-order valence-electron chi connectivity index (χ3n) is 3.88. The summed E-state index contributed by atoms with van der Waals surface area (Å²) in [7, 11) is 4.90. The second kappa shape index (κ2) is 8.10. The Kier molecular flexibility index (Phi) is 6.14. The summed E-state index contributed by atoms with van der Waals surface area (Å²) < 4.78 is 21.6. The molecule has 0 atom stereocenters. The Morgan fingerprint density at radius 1 is 1.05 bits per heavy atom. The SMILES string of the molecule is COc1ccc(CNCC2CCOCC2)c(OC)c1OC. The second-order valence-corrected chi connectivity index (χ2v) is 5.18. The predicted octanol–water partition coefficient (Wildman–Crippen LogP) is 2.23. The first-order chi connectivity index (χ1) is 10.3. The number of rotatable bonds is 7. The smallest absolute Gasteiger partial charge is 0.203 e. The minimum atomic E-state index is 0.644. The molecule has 0 bridgehead atoms. The minimum absolute atomic E-state index is 0.644. The van der Waals surface area contributed by atoms with Gasteiger partial charge >= 0.3 is 0 Å². The molecule has 0 spiro atoms. The highest BCUT2D eigenvalue weighted by molar-refractivity contribution is 5.55. The molecule has 0 radical (unpaired) electrons. The zero-order valence-corrected chi connectivity index (χ0v) is 13.1. The van der Waals surface area contributed by atoms with Crippen LogP contribution in [0.2, 0.25) is 0 Å². The van der Waals surface area contributed by atoms with Crippen molar-refractivity contribution in [3.8, 4) is 17.2 Å². The standard InChI is InChI=1S/C16H25NO4/c1-18-14-5-4-13(15(19-2)16(14)20-3)11-17-10-12-6-8-21-9-7-12/h4-5,12,17H,6-11H2,1-3H3. The van der Waals surface area contributed by atoms with Crippen molar-refractivity contribution < 1.29 is 18.9 Å². The summed E-state index contributed by atoms with van der Waals surface area (Å²) in [6, 6.07) is 3.92. The molecule has 1 aromatic carbocycles. The van der Waals surface area contributed by atoms with Gasteiger partial charge in [0.25, 0.3) is 0 Å². The number of nitrogens with one attached hydrogen (secondary N) is 1. The van der Waals surface area contributed by atoms with Crippen molar-refractivity contribution in [2.24, 2.45) is 5.92 Å². The molecule has 1 aliphatic rings. The summed E-state index contributed by atoms with van der Waals surface area (Å²) in [4.78, 5) is 0. The lowest BCUT2D eigenvalue weighted by Gasteiger charge is -2.22. The molecule has 0 aliphatic carbocycles. The predicted molar refractivity (Wildman–Crippen MR) is 81.3 cm³/mol. The highest BCUT2D eigenvalue weighted by Crippen LogP contribution is 2.39. The maximum absolute atomic E-state index is 5.49. The molecule has 1 aliphatic heterocycles. The Hall–Kier alpha value is -1.46. The molecule has 21 heavy (non-hydrogen) atoms. The Labute approximate surface area is 126 Å². The lowest BCUT2D eigenvalue weighted by molar-refractivity contribution is 0.0662. The average Bonchev–Trinajstić information content (AvgIpc) is 2.55. The number of ether oxygens (including phenoxy) is 4. The fraction of sp³-hybridized carbons (Fsp3) is 0.625. The summed E-state index contributed by atoms with van der Waals surface area (Å²) in [6.45, 7) is 3.51. The lowest BCUT2D eigenvalue weighted by Crippen LogP contribution is -2.27. The second-order valence-electron chi connectivity index (χ2n) is 5.18. The van der Waals surface area contributed by atoms with Crippen LogP contribution in [0.25, 0.3) is 0 Å². The van der Waals surface area contributed by atoms with E-state index in [1.807, 2.05) is 12.1 Å². The van der Waals surface area contributed by atoms with Crippen LogP contribution in [0.3, 0.4) is 0 Å². The van der Waals surface area contributed by atoms with Gasteiger partial charge in [0.2, 0.25) is 5.75 Å². The van der Waals surface area contributed by atoms with Gasteiger partial charge in [-0.25, -0.2) is 0 Å². The summed E-state index contributed by atoms with van der Waals surface area (Å²) in [5.41, 5.74) is 1.07. The molecule has 0 saturated carbocycles. The first kappa shape index (κ1) is 15.9. The number of hydrogen-bond acceptors (Lipinski definition) is 5. The van der Waals surface area contributed by atoms with Crippen molar-refractivity contribution in [1.82, 2.24) is 5.32 Å². The fourth-order valence-electron chi connectivity index (χ4n) is 2.66. The highest BCUT2D eigenvalue weighted by atomic mass is 16.5. The largest absolute Gasteiger partial charge is 0.493 e. The van der Waals surface area contributed by atoms with E-state index in [1.54, 1.807) is 21.3 Å². The van der Waals surface area contributed by atoms with Crippen molar-refractivity contribution in [2.45, 2.75) is 19.4 Å². The van der Waals surface area contributed by atoms with Gasteiger partial charge in [-0.1, -0.05) is 6.07 Å². The van der Waals surface area contributed by atoms with E-state index in [-0.39, 0.29) is 0 Å². The first-order valence-electron chi connectivity index (χ1n) is 7.36. The molecule has 5 nitrogen and oxygen atoms in total. The summed E-state index contributed by atoms with van der Waals surface area (Å²) in [5.74, 6) is 2.76. The highest BCUT2D eigenvalue weighted by Gasteiger charge is 2.17. The number of benzene rings is 1. The fourth-order valence-corrected chi connectivity index (χ4v) is 2.66. The van der Waals surface area contributed by atoms with Crippen LogP contribution >= 0.6 is 0 Å². The maximum Gasteiger partial charge on any atom is 0.203 e. The van der Waals surface area contributed by atoms with E-state index in [4.69, 9.17) is 18.9 Å². The van der Waals surface area contributed by atoms with Crippen molar-refractivity contribution in [2.75, 3.05) is 41.1 Å². The summed E-state index contributed by atoms with van der Waals surface area (Å²) in [6.07, 6.45) is 2.27. The topological polar surface area (TPSA) is 49.0 Å². The van der Waals surface area contributed by atoms with Crippen LogP contribution in [0.1, 0.15) is 18.4 Å². The van der Waals surface area contributed by atoms with E-state index in [1.165, 1.54) is 0 Å². The van der Waals surface area contributed by atoms with Gasteiger partial charge in [0.05, 0.1) is 21.3 Å². The van der Waals surface area contributed by atoms with Gasteiger partial charge in [-0.2, -0.15) is 0 Å². The minimum Gasteiger partial charge on any atom is -0.493 e. The third-order valence-corrected chi connectivity index (χ3v) is 3.88. The van der Waals surface area contributed by atoms with Gasteiger partial charge in [-0.3, -0.25) is 0 Å². The van der Waals surface area contributed by atoms with Crippen LogP contribution in [0.15, 0.2) is 12.1 Å². The van der Waals surface area contributed by atoms with E-state index < -0.39 is 0 Å². The summed E-state index contributed by atoms with van der Waals surface area (Å²) in [5, 5.41) is 3.50. The van der Waals surface area contributed by atoms with Crippen LogP contribution in [0.5, 0.6) is 17.2 Å². The molecule has 1 N–H and O–H groups in total. The van der Waals surface area contributed by atoms with E-state index in [0.29, 0.717) is 17.4 Å². The van der Waals surface area contributed by atoms with E-state index in [9.17, 15) is 0 Å². The van der Waals surface area contributed by atoms with Gasteiger partial charge in [-0.05, 0) is 31.4 Å². The van der Waals surface area contributed by atoms with E-state index >= 15 is 0 Å². The van der Waals surface area contributed by atoms with Crippen molar-refractivity contribution in [3.05, 3.63) is 17.7 Å². The van der Waals surface area contributed by atoms with Crippen LogP contribution in [-0.2, 0) is 11.3 Å². The van der Waals surface area contributed by atoms with E-state index in [2.05, 4.69) is 5.32 Å². The normalized spacial score (nSPS) is 15.8. The van der Waals surface area contributed by atoms with Gasteiger partial charge in [0, 0.05) is 25.3 Å². The third kappa shape index (κ3) is 4.02. The molecule has 2 rings (SSSR count). The van der Waals surface area contributed by atoms with Crippen molar-refractivity contribution in [1.29, 1.82) is 0 Å². The monoisotopic (exact) mass is 295 g/mol. The van der Waals surface area contributed by atoms with Crippen LogP contribution in [0.4, 0.5) is 0 Å². The first-order valence-corrected chi connectivity index (χ1v) is 7.36. The van der Waals surface area contributed by atoms with Gasteiger partial charge in [0.15, 0.2) is 11.5 Å². The van der Waals surface area contributed by atoms with Crippen LogP contribution in [0, 0.1) is 5.92 Å². The average molecular weight is 295 g/mol. The molecular weight excluding hydrogens is 270 g/mol. The zero-order chi connectivity index (χ0) is 15.1. The molecule has 1 fully saturated rings. The van der Waals surface area contributed by atoms with Crippen LogP contribution < -0.4 is 19.5 Å².